The van der Waals surface area contributed by atoms with Crippen LogP contribution in [0.1, 0.15) is 38.7 Å². The van der Waals surface area contributed by atoms with Gasteiger partial charge in [0, 0.05) is 39.5 Å². The van der Waals surface area contributed by atoms with Crippen molar-refractivity contribution in [3.63, 3.8) is 0 Å². The van der Waals surface area contributed by atoms with Gasteiger partial charge in [0.05, 0.1) is 6.61 Å². The van der Waals surface area contributed by atoms with E-state index in [4.69, 9.17) is 9.47 Å². The monoisotopic (exact) mass is 336 g/mol. The first-order chi connectivity index (χ1) is 11.7. The van der Waals surface area contributed by atoms with Crippen molar-refractivity contribution < 1.29 is 9.47 Å². The SMILES string of the molecule is CN=C(NCCCCC(C)C)NCc1ccc(OCCOC)nc1. The highest BCUT2D eigenvalue weighted by Gasteiger charge is 2.01. The van der Waals surface area contributed by atoms with E-state index >= 15 is 0 Å². The molecule has 0 saturated carbocycles. The number of hydrogen-bond donors (Lipinski definition) is 2. The number of nitrogens with zero attached hydrogens (tertiary/aromatic N) is 2. The molecule has 0 fully saturated rings. The van der Waals surface area contributed by atoms with Crippen LogP contribution in [0.15, 0.2) is 23.3 Å². The van der Waals surface area contributed by atoms with Gasteiger partial charge >= 0.3 is 0 Å². The third-order valence-corrected chi connectivity index (χ3v) is 3.52. The van der Waals surface area contributed by atoms with Crippen molar-refractivity contribution in [3.05, 3.63) is 23.9 Å². The van der Waals surface area contributed by atoms with Gasteiger partial charge in [-0.15, -0.1) is 0 Å². The lowest BCUT2D eigenvalue weighted by atomic mass is 10.1. The van der Waals surface area contributed by atoms with E-state index in [1.807, 2.05) is 18.3 Å². The summed E-state index contributed by atoms with van der Waals surface area (Å²) in [6.07, 6.45) is 5.49. The lowest BCUT2D eigenvalue weighted by Crippen LogP contribution is -2.37. The Morgan fingerprint density at radius 2 is 2.04 bits per heavy atom. The molecule has 1 heterocycles. The number of aromatic nitrogens is 1. The summed E-state index contributed by atoms with van der Waals surface area (Å²) in [5.74, 6) is 2.21. The highest BCUT2D eigenvalue weighted by atomic mass is 16.5. The Balaban J connectivity index is 2.25. The summed E-state index contributed by atoms with van der Waals surface area (Å²) in [5.41, 5.74) is 1.08. The fourth-order valence-corrected chi connectivity index (χ4v) is 2.12. The van der Waals surface area contributed by atoms with E-state index in [1.54, 1.807) is 14.2 Å². The minimum absolute atomic E-state index is 0.508. The van der Waals surface area contributed by atoms with Crippen molar-refractivity contribution in [3.8, 4) is 5.88 Å². The maximum absolute atomic E-state index is 5.45. The van der Waals surface area contributed by atoms with Gasteiger partial charge in [-0.3, -0.25) is 4.99 Å². The average Bonchev–Trinajstić information content (AvgIpc) is 2.58. The summed E-state index contributed by atoms with van der Waals surface area (Å²) in [5, 5.41) is 6.63. The number of nitrogens with one attached hydrogen (secondary N) is 2. The summed E-state index contributed by atoms with van der Waals surface area (Å²) in [6.45, 7) is 7.21. The second-order valence-corrected chi connectivity index (χ2v) is 6.09. The van der Waals surface area contributed by atoms with Crippen LogP contribution >= 0.6 is 0 Å². The quantitative estimate of drug-likeness (QED) is 0.369. The molecule has 0 aliphatic heterocycles. The predicted octanol–water partition coefficient (Wildman–Crippen LogP) is 2.60. The molecule has 0 saturated heterocycles. The van der Waals surface area contributed by atoms with Crippen molar-refractivity contribution in [2.24, 2.45) is 10.9 Å². The number of rotatable bonds is 11. The first kappa shape index (κ1) is 20.2. The number of guanidine groups is 1. The minimum Gasteiger partial charge on any atom is -0.475 e. The van der Waals surface area contributed by atoms with Crippen molar-refractivity contribution in [1.29, 1.82) is 0 Å². The minimum atomic E-state index is 0.508. The number of unbranched alkanes of at least 4 members (excludes halogenated alkanes) is 1. The smallest absolute Gasteiger partial charge is 0.213 e. The summed E-state index contributed by atoms with van der Waals surface area (Å²) < 4.78 is 10.4. The van der Waals surface area contributed by atoms with Crippen LogP contribution in [0.4, 0.5) is 0 Å². The van der Waals surface area contributed by atoms with E-state index in [-0.39, 0.29) is 0 Å². The summed E-state index contributed by atoms with van der Waals surface area (Å²) in [4.78, 5) is 8.52. The van der Waals surface area contributed by atoms with Gasteiger partial charge in [-0.25, -0.2) is 4.98 Å². The van der Waals surface area contributed by atoms with Gasteiger partial charge in [0.2, 0.25) is 5.88 Å². The molecule has 0 atom stereocenters. The molecule has 0 bridgehead atoms. The Morgan fingerprint density at radius 3 is 2.67 bits per heavy atom. The largest absolute Gasteiger partial charge is 0.475 e. The third-order valence-electron chi connectivity index (χ3n) is 3.52. The second-order valence-electron chi connectivity index (χ2n) is 6.09. The van der Waals surface area contributed by atoms with Crippen molar-refractivity contribution in [2.75, 3.05) is 33.9 Å². The molecule has 6 nitrogen and oxygen atoms in total. The van der Waals surface area contributed by atoms with Gasteiger partial charge in [-0.1, -0.05) is 32.8 Å². The predicted molar refractivity (Wildman–Crippen MR) is 98.5 cm³/mol. The van der Waals surface area contributed by atoms with E-state index in [2.05, 4.69) is 34.5 Å². The number of methoxy groups -OCH3 is 1. The Morgan fingerprint density at radius 1 is 1.21 bits per heavy atom. The third kappa shape index (κ3) is 9.35. The van der Waals surface area contributed by atoms with Crippen LogP contribution in [0.25, 0.3) is 0 Å². The zero-order valence-corrected chi connectivity index (χ0v) is 15.5. The van der Waals surface area contributed by atoms with E-state index in [0.717, 1.165) is 30.4 Å². The molecule has 0 radical (unpaired) electrons. The number of aliphatic imine (C=N–C) groups is 1. The Kier molecular flexibility index (Phi) is 10.6. The Bertz CT molecular complexity index is 461. The molecular formula is C18H32N4O2. The fraction of sp³-hybridized carbons (Fsp3) is 0.667. The molecule has 0 aliphatic rings. The first-order valence-corrected chi connectivity index (χ1v) is 8.67. The average molecular weight is 336 g/mol. The van der Waals surface area contributed by atoms with Gasteiger partial charge in [-0.2, -0.15) is 0 Å². The maximum Gasteiger partial charge on any atom is 0.213 e. The molecule has 0 amide bonds. The van der Waals surface area contributed by atoms with Crippen LogP contribution in [0, 0.1) is 5.92 Å². The number of hydrogen-bond acceptors (Lipinski definition) is 4. The summed E-state index contributed by atoms with van der Waals surface area (Å²) in [6, 6.07) is 3.87. The molecule has 1 aromatic rings. The molecule has 0 unspecified atom stereocenters. The summed E-state index contributed by atoms with van der Waals surface area (Å²) in [7, 11) is 3.44. The Hall–Kier alpha value is -1.82. The van der Waals surface area contributed by atoms with Gasteiger partial charge in [0.25, 0.3) is 0 Å². The van der Waals surface area contributed by atoms with Crippen LogP contribution in [-0.2, 0) is 11.3 Å². The lowest BCUT2D eigenvalue weighted by molar-refractivity contribution is 0.143. The molecule has 136 valence electrons. The molecule has 0 spiro atoms. The molecule has 6 heteroatoms. The van der Waals surface area contributed by atoms with Crippen LogP contribution in [0.3, 0.4) is 0 Å². The fourth-order valence-electron chi connectivity index (χ4n) is 2.12. The van der Waals surface area contributed by atoms with Gasteiger partial charge in [0.15, 0.2) is 5.96 Å². The summed E-state index contributed by atoms with van der Waals surface area (Å²) >= 11 is 0. The van der Waals surface area contributed by atoms with Gasteiger partial charge in [-0.05, 0) is 17.9 Å². The topological polar surface area (TPSA) is 67.8 Å². The van der Waals surface area contributed by atoms with Crippen LogP contribution in [0.5, 0.6) is 5.88 Å². The molecule has 2 N–H and O–H groups in total. The molecule has 1 aromatic heterocycles. The van der Waals surface area contributed by atoms with E-state index in [0.29, 0.717) is 25.6 Å². The normalized spacial score (nSPS) is 11.6. The van der Waals surface area contributed by atoms with Gasteiger partial charge in [0.1, 0.15) is 6.61 Å². The van der Waals surface area contributed by atoms with Crippen molar-refractivity contribution in [2.45, 2.75) is 39.7 Å². The van der Waals surface area contributed by atoms with E-state index in [1.165, 1.54) is 12.8 Å². The Labute approximate surface area is 146 Å². The molecule has 1 rings (SSSR count). The van der Waals surface area contributed by atoms with Crippen molar-refractivity contribution >= 4 is 5.96 Å². The highest BCUT2D eigenvalue weighted by molar-refractivity contribution is 5.79. The standard InChI is InChI=1S/C18H32N4O2/c1-15(2)7-5-6-10-20-18(19-3)22-14-16-8-9-17(21-13-16)24-12-11-23-4/h8-9,13,15H,5-7,10-12,14H2,1-4H3,(H2,19,20,22). The number of ether oxygens (including phenoxy) is 2. The lowest BCUT2D eigenvalue weighted by Gasteiger charge is -2.12. The van der Waals surface area contributed by atoms with Crippen molar-refractivity contribution in [1.82, 2.24) is 15.6 Å². The zero-order chi connectivity index (χ0) is 17.6. The second kappa shape index (κ2) is 12.6. The zero-order valence-electron chi connectivity index (χ0n) is 15.5. The molecule has 24 heavy (non-hydrogen) atoms. The first-order valence-electron chi connectivity index (χ1n) is 8.67. The highest BCUT2D eigenvalue weighted by Crippen LogP contribution is 2.07. The van der Waals surface area contributed by atoms with E-state index < -0.39 is 0 Å². The molecule has 0 aromatic carbocycles. The van der Waals surface area contributed by atoms with Crippen LogP contribution in [-0.4, -0.2) is 44.9 Å². The van der Waals surface area contributed by atoms with Crippen LogP contribution < -0.4 is 15.4 Å². The maximum atomic E-state index is 5.45. The molecular weight excluding hydrogens is 304 g/mol. The number of pyridine rings is 1. The van der Waals surface area contributed by atoms with Crippen LogP contribution in [0.2, 0.25) is 0 Å². The molecule has 0 aliphatic carbocycles. The van der Waals surface area contributed by atoms with Gasteiger partial charge < -0.3 is 20.1 Å². The van der Waals surface area contributed by atoms with E-state index in [9.17, 15) is 0 Å².